The maximum Gasteiger partial charge on any atom is 0.101 e. The van der Waals surface area contributed by atoms with E-state index in [4.69, 9.17) is 5.26 Å². The number of nitriles is 1. The summed E-state index contributed by atoms with van der Waals surface area (Å²) in [5, 5.41) is 10.3. The Labute approximate surface area is 60.1 Å². The fraction of sp³-hybridized carbons (Fsp3) is 0.286. The second kappa shape index (κ2) is 2.44. The van der Waals surface area contributed by atoms with E-state index in [-0.39, 0.29) is 0 Å². The average Bonchev–Trinajstić information content (AvgIpc) is 2.34. The van der Waals surface area contributed by atoms with Crippen molar-refractivity contribution in [1.82, 2.24) is 4.68 Å². The first kappa shape index (κ1) is 6.69. The predicted molar refractivity (Wildman–Crippen MR) is 39.2 cm³/mol. The second-order valence-electron chi connectivity index (χ2n) is 2.24. The molecule has 52 valence electrons. The van der Waals surface area contributed by atoms with Crippen molar-refractivity contribution < 1.29 is 0 Å². The number of nitrogens with zero attached hydrogens (tertiary/aromatic N) is 3. The summed E-state index contributed by atoms with van der Waals surface area (Å²) in [6, 6.07) is 3.83. The molecular weight excluding hydrogens is 126 g/mol. The van der Waals surface area contributed by atoms with E-state index in [1.165, 1.54) is 0 Å². The molecule has 0 aliphatic rings. The molecule has 0 aromatic carbocycles. The minimum atomic E-state index is 0.689. The van der Waals surface area contributed by atoms with Crippen LogP contribution in [-0.2, 0) is 0 Å². The molecule has 0 fully saturated rings. The topological polar surface area (TPSA) is 32.0 Å². The highest BCUT2D eigenvalue weighted by Gasteiger charge is 1.93. The third kappa shape index (κ3) is 1.11. The van der Waals surface area contributed by atoms with Crippen molar-refractivity contribution in [2.75, 3.05) is 19.1 Å². The molecule has 1 aromatic heterocycles. The molecule has 0 amide bonds. The van der Waals surface area contributed by atoms with E-state index in [0.717, 1.165) is 0 Å². The van der Waals surface area contributed by atoms with Gasteiger partial charge in [-0.1, -0.05) is 0 Å². The van der Waals surface area contributed by atoms with Gasteiger partial charge in [-0.3, -0.25) is 4.68 Å². The van der Waals surface area contributed by atoms with E-state index < -0.39 is 0 Å². The summed E-state index contributed by atoms with van der Waals surface area (Å²) in [5.41, 5.74) is 0.689. The van der Waals surface area contributed by atoms with Crippen LogP contribution in [0, 0.1) is 11.3 Å². The lowest BCUT2D eigenvalue weighted by molar-refractivity contribution is 0.736. The van der Waals surface area contributed by atoms with Crippen LogP contribution in [0.15, 0.2) is 18.5 Å². The Morgan fingerprint density at radius 1 is 1.60 bits per heavy atom. The Hall–Kier alpha value is -1.43. The average molecular weight is 135 g/mol. The van der Waals surface area contributed by atoms with Gasteiger partial charge in [-0.15, -0.1) is 0 Å². The van der Waals surface area contributed by atoms with Gasteiger partial charge >= 0.3 is 0 Å². The van der Waals surface area contributed by atoms with Crippen LogP contribution in [0.25, 0.3) is 0 Å². The zero-order valence-corrected chi connectivity index (χ0v) is 6.07. The Bertz CT molecular complexity index is 254. The van der Waals surface area contributed by atoms with E-state index in [0.29, 0.717) is 5.56 Å². The highest BCUT2D eigenvalue weighted by atomic mass is 15.5. The van der Waals surface area contributed by atoms with Crippen LogP contribution in [0.1, 0.15) is 5.56 Å². The molecule has 0 unspecified atom stereocenters. The lowest BCUT2D eigenvalue weighted by Gasteiger charge is -2.12. The van der Waals surface area contributed by atoms with Crippen molar-refractivity contribution in [2.24, 2.45) is 0 Å². The van der Waals surface area contributed by atoms with Crippen molar-refractivity contribution >= 4 is 0 Å². The van der Waals surface area contributed by atoms with Crippen LogP contribution in [-0.4, -0.2) is 18.8 Å². The number of aromatic nitrogens is 1. The maximum atomic E-state index is 8.45. The predicted octanol–water partition coefficient (Wildman–Crippen LogP) is 0.557. The Morgan fingerprint density at radius 2 is 2.30 bits per heavy atom. The Morgan fingerprint density at radius 3 is 2.60 bits per heavy atom. The summed E-state index contributed by atoms with van der Waals surface area (Å²) >= 11 is 0. The van der Waals surface area contributed by atoms with Gasteiger partial charge in [0.05, 0.1) is 5.56 Å². The van der Waals surface area contributed by atoms with E-state index in [9.17, 15) is 0 Å². The zero-order valence-electron chi connectivity index (χ0n) is 6.07. The van der Waals surface area contributed by atoms with Gasteiger partial charge in [0.25, 0.3) is 0 Å². The fourth-order valence-corrected chi connectivity index (χ4v) is 0.700. The monoisotopic (exact) mass is 135 g/mol. The van der Waals surface area contributed by atoms with Gasteiger partial charge in [0.15, 0.2) is 0 Å². The molecule has 0 radical (unpaired) electrons. The normalized spacial score (nSPS) is 8.90. The summed E-state index contributed by atoms with van der Waals surface area (Å²) in [6.45, 7) is 0. The molecular formula is C7H9N3. The van der Waals surface area contributed by atoms with Crippen LogP contribution in [0.5, 0.6) is 0 Å². The van der Waals surface area contributed by atoms with Gasteiger partial charge < -0.3 is 5.01 Å². The molecule has 0 saturated heterocycles. The summed E-state index contributed by atoms with van der Waals surface area (Å²) < 4.78 is 1.85. The molecule has 0 bridgehead atoms. The lowest BCUT2D eigenvalue weighted by Crippen LogP contribution is -2.22. The van der Waals surface area contributed by atoms with Crippen molar-refractivity contribution in [3.05, 3.63) is 24.0 Å². The summed E-state index contributed by atoms with van der Waals surface area (Å²) in [6.07, 6.45) is 3.62. The molecule has 3 heteroatoms. The molecule has 3 nitrogen and oxygen atoms in total. The van der Waals surface area contributed by atoms with E-state index in [1.807, 2.05) is 30.0 Å². The largest absolute Gasteiger partial charge is 0.319 e. The van der Waals surface area contributed by atoms with Crippen molar-refractivity contribution in [3.8, 4) is 6.07 Å². The molecule has 0 spiro atoms. The molecule has 0 aliphatic heterocycles. The Kier molecular flexibility index (Phi) is 1.63. The minimum Gasteiger partial charge on any atom is -0.319 e. The first-order valence-corrected chi connectivity index (χ1v) is 3.00. The highest BCUT2D eigenvalue weighted by Crippen LogP contribution is 1.97. The maximum absolute atomic E-state index is 8.45. The van der Waals surface area contributed by atoms with Gasteiger partial charge in [-0.25, -0.2) is 0 Å². The SMILES string of the molecule is CN(C)n1ccc(C#N)c1. The standard InChI is InChI=1S/C7H9N3/c1-9(2)10-4-3-7(5-8)6-10/h3-4,6H,1-2H3. The molecule has 10 heavy (non-hydrogen) atoms. The van der Waals surface area contributed by atoms with Crippen molar-refractivity contribution in [3.63, 3.8) is 0 Å². The molecule has 1 aromatic rings. The Balaban J connectivity index is 2.91. The molecule has 0 aliphatic carbocycles. The van der Waals surface area contributed by atoms with Crippen LogP contribution < -0.4 is 5.01 Å². The molecule has 0 atom stereocenters. The van der Waals surface area contributed by atoms with E-state index >= 15 is 0 Å². The lowest BCUT2D eigenvalue weighted by atomic mass is 10.4. The number of hydrogen-bond donors (Lipinski definition) is 0. The third-order valence-electron chi connectivity index (χ3n) is 1.27. The molecule has 1 rings (SSSR count). The number of rotatable bonds is 1. The fourth-order valence-electron chi connectivity index (χ4n) is 0.700. The minimum absolute atomic E-state index is 0.689. The summed E-state index contributed by atoms with van der Waals surface area (Å²) in [7, 11) is 3.84. The van der Waals surface area contributed by atoms with Crippen LogP contribution >= 0.6 is 0 Å². The first-order chi connectivity index (χ1) is 4.74. The van der Waals surface area contributed by atoms with Crippen LogP contribution in [0.3, 0.4) is 0 Å². The second-order valence-corrected chi connectivity index (χ2v) is 2.24. The van der Waals surface area contributed by atoms with Crippen LogP contribution in [0.4, 0.5) is 0 Å². The van der Waals surface area contributed by atoms with Gasteiger partial charge in [0.1, 0.15) is 6.07 Å². The quantitative estimate of drug-likeness (QED) is 0.563. The van der Waals surface area contributed by atoms with Crippen molar-refractivity contribution in [2.45, 2.75) is 0 Å². The highest BCUT2D eigenvalue weighted by molar-refractivity contribution is 5.25. The molecule has 0 N–H and O–H groups in total. The van der Waals surface area contributed by atoms with E-state index in [2.05, 4.69) is 6.07 Å². The first-order valence-electron chi connectivity index (χ1n) is 3.00. The summed E-state index contributed by atoms with van der Waals surface area (Å²) in [4.78, 5) is 0. The van der Waals surface area contributed by atoms with Gasteiger partial charge in [-0.05, 0) is 6.07 Å². The number of hydrogen-bond acceptors (Lipinski definition) is 2. The van der Waals surface area contributed by atoms with Gasteiger partial charge in [-0.2, -0.15) is 5.26 Å². The molecule has 1 heterocycles. The summed E-state index contributed by atoms with van der Waals surface area (Å²) in [5.74, 6) is 0. The van der Waals surface area contributed by atoms with Crippen molar-refractivity contribution in [1.29, 1.82) is 5.26 Å². The van der Waals surface area contributed by atoms with Gasteiger partial charge in [0.2, 0.25) is 0 Å². The smallest absolute Gasteiger partial charge is 0.101 e. The van der Waals surface area contributed by atoms with Crippen LogP contribution in [0.2, 0.25) is 0 Å². The third-order valence-corrected chi connectivity index (χ3v) is 1.27. The van der Waals surface area contributed by atoms with Gasteiger partial charge in [0, 0.05) is 26.5 Å². The van der Waals surface area contributed by atoms with E-state index in [1.54, 1.807) is 12.3 Å². The zero-order chi connectivity index (χ0) is 7.56. The molecule has 0 saturated carbocycles.